The minimum atomic E-state index is -1.77. The molecule has 0 bridgehead atoms. The van der Waals surface area contributed by atoms with Crippen LogP contribution in [0.3, 0.4) is 0 Å². The smallest absolute Gasteiger partial charge is 0.137 e. The number of hydrogen-bond acceptors (Lipinski definition) is 1. The highest BCUT2D eigenvalue weighted by Crippen LogP contribution is 2.37. The van der Waals surface area contributed by atoms with Crippen LogP contribution in [0.1, 0.15) is 33.6 Å². The van der Waals surface area contributed by atoms with Crippen molar-refractivity contribution in [2.75, 3.05) is 0 Å². The zero-order valence-corrected chi connectivity index (χ0v) is 11.1. The maximum Gasteiger partial charge on any atom is 0.137 e. The van der Waals surface area contributed by atoms with Crippen molar-refractivity contribution < 1.29 is 4.79 Å². The van der Waals surface area contributed by atoms with Gasteiger partial charge in [0.25, 0.3) is 0 Å². The summed E-state index contributed by atoms with van der Waals surface area (Å²) in [7, 11) is -1.77. The maximum atomic E-state index is 12.0. The van der Waals surface area contributed by atoms with Gasteiger partial charge in [0.1, 0.15) is 13.5 Å². The molecule has 0 amide bonds. The van der Waals surface area contributed by atoms with E-state index in [2.05, 4.69) is 39.9 Å². The van der Waals surface area contributed by atoms with Crippen LogP contribution < -0.4 is 0 Å². The highest BCUT2D eigenvalue weighted by atomic mass is 28.3. The minimum absolute atomic E-state index is 0.165. The molecule has 1 aliphatic rings. The summed E-state index contributed by atoms with van der Waals surface area (Å²) < 4.78 is 0. The monoisotopic (exact) mass is 210 g/mol. The van der Waals surface area contributed by atoms with Crippen molar-refractivity contribution in [3.05, 3.63) is 12.2 Å². The Labute approximate surface area is 88.6 Å². The topological polar surface area (TPSA) is 17.1 Å². The first-order chi connectivity index (χ1) is 6.25. The molecule has 0 saturated heterocycles. The Morgan fingerprint density at radius 3 is 2.14 bits per heavy atom. The van der Waals surface area contributed by atoms with Crippen LogP contribution in [0, 0.1) is 5.92 Å². The highest BCUT2D eigenvalue weighted by molar-refractivity contribution is 7.07. The molecule has 1 fully saturated rings. The van der Waals surface area contributed by atoms with Gasteiger partial charge in [-0.25, -0.2) is 0 Å². The van der Waals surface area contributed by atoms with E-state index in [-0.39, 0.29) is 5.04 Å². The Kier molecular flexibility index (Phi) is 3.05. The summed E-state index contributed by atoms with van der Waals surface area (Å²) in [5.41, 5.74) is 0. The first kappa shape index (κ1) is 11.7. The molecule has 14 heavy (non-hydrogen) atoms. The molecule has 0 aliphatic heterocycles. The average molecular weight is 210 g/mol. The Balaban J connectivity index is 2.66. The lowest BCUT2D eigenvalue weighted by Crippen LogP contribution is -2.45. The van der Waals surface area contributed by atoms with Crippen molar-refractivity contribution in [1.29, 1.82) is 0 Å². The molecule has 0 N–H and O–H groups in total. The van der Waals surface area contributed by atoms with Crippen molar-refractivity contribution >= 4 is 13.5 Å². The van der Waals surface area contributed by atoms with Crippen LogP contribution in [-0.4, -0.2) is 13.5 Å². The van der Waals surface area contributed by atoms with Gasteiger partial charge in [-0.05, 0) is 29.9 Å². The van der Waals surface area contributed by atoms with Gasteiger partial charge >= 0.3 is 0 Å². The predicted octanol–water partition coefficient (Wildman–Crippen LogP) is 3.57. The van der Waals surface area contributed by atoms with Crippen molar-refractivity contribution in [3.8, 4) is 0 Å². The second-order valence-corrected chi connectivity index (χ2v) is 11.2. The lowest BCUT2D eigenvalue weighted by Gasteiger charge is -2.34. The molecular weight excluding hydrogens is 188 g/mol. The number of hydrogen-bond donors (Lipinski definition) is 0. The Morgan fingerprint density at radius 1 is 1.29 bits per heavy atom. The average Bonchev–Trinajstić information content (AvgIpc) is 2.80. The molecule has 0 atom stereocenters. The van der Waals surface area contributed by atoms with E-state index in [1.807, 2.05) is 6.08 Å². The molecule has 0 spiro atoms. The molecular formula is C12H22OSi. The molecule has 0 radical (unpaired) electrons. The van der Waals surface area contributed by atoms with Crippen LogP contribution in [0.5, 0.6) is 0 Å². The predicted molar refractivity (Wildman–Crippen MR) is 64.1 cm³/mol. The van der Waals surface area contributed by atoms with Gasteiger partial charge in [-0.3, -0.25) is 0 Å². The third-order valence-corrected chi connectivity index (χ3v) is 8.78. The summed E-state index contributed by atoms with van der Waals surface area (Å²) in [5.74, 6) is 0.712. The van der Waals surface area contributed by atoms with Gasteiger partial charge in [0.05, 0.1) is 0 Å². The summed E-state index contributed by atoms with van der Waals surface area (Å²) >= 11 is 0. The highest BCUT2D eigenvalue weighted by Gasteiger charge is 2.40. The third kappa shape index (κ3) is 2.56. The minimum Gasteiger partial charge on any atom is -0.301 e. The van der Waals surface area contributed by atoms with Gasteiger partial charge in [-0.1, -0.05) is 39.9 Å². The van der Waals surface area contributed by atoms with Gasteiger partial charge in [0.2, 0.25) is 0 Å². The molecule has 80 valence electrons. The number of carbonyl (C=O) groups is 1. The summed E-state index contributed by atoms with van der Waals surface area (Å²) in [5, 5.41) is 0.565. The largest absolute Gasteiger partial charge is 0.301 e. The molecule has 0 unspecified atom stereocenters. The van der Waals surface area contributed by atoms with Gasteiger partial charge in [0, 0.05) is 0 Å². The zero-order chi connectivity index (χ0) is 11.0. The van der Waals surface area contributed by atoms with E-state index < -0.39 is 8.07 Å². The van der Waals surface area contributed by atoms with Crippen LogP contribution in [0.2, 0.25) is 18.1 Å². The van der Waals surface area contributed by atoms with E-state index in [0.717, 1.165) is 0 Å². The Bertz CT molecular complexity index is 254. The maximum absolute atomic E-state index is 12.0. The number of allylic oxidation sites excluding steroid dienone is 2. The van der Waals surface area contributed by atoms with Crippen LogP contribution in [-0.2, 0) is 4.79 Å². The van der Waals surface area contributed by atoms with E-state index in [0.29, 0.717) is 11.3 Å². The van der Waals surface area contributed by atoms with Crippen molar-refractivity contribution in [3.63, 3.8) is 0 Å². The van der Waals surface area contributed by atoms with Crippen molar-refractivity contribution in [1.82, 2.24) is 0 Å². The normalized spacial score (nSPS) is 18.9. The van der Waals surface area contributed by atoms with E-state index in [1.165, 1.54) is 12.8 Å². The van der Waals surface area contributed by atoms with Gasteiger partial charge in [0.15, 0.2) is 0 Å². The molecule has 1 saturated carbocycles. The quantitative estimate of drug-likeness (QED) is 0.514. The first-order valence-electron chi connectivity index (χ1n) is 5.48. The Morgan fingerprint density at radius 2 is 1.79 bits per heavy atom. The molecule has 1 aliphatic carbocycles. The fourth-order valence-corrected chi connectivity index (χ4v) is 2.34. The first-order valence-corrected chi connectivity index (χ1v) is 8.48. The summed E-state index contributed by atoms with van der Waals surface area (Å²) in [6.07, 6.45) is 6.53. The van der Waals surface area contributed by atoms with Crippen molar-refractivity contribution in [2.24, 2.45) is 5.92 Å². The van der Waals surface area contributed by atoms with Crippen molar-refractivity contribution in [2.45, 2.75) is 51.7 Å². The summed E-state index contributed by atoms with van der Waals surface area (Å²) in [6, 6.07) is 0. The zero-order valence-electron chi connectivity index (χ0n) is 10.1. The van der Waals surface area contributed by atoms with E-state index in [4.69, 9.17) is 0 Å². The van der Waals surface area contributed by atoms with Gasteiger partial charge in [-0.2, -0.15) is 0 Å². The second kappa shape index (κ2) is 3.65. The van der Waals surface area contributed by atoms with Crippen LogP contribution in [0.25, 0.3) is 0 Å². The second-order valence-electron chi connectivity index (χ2n) is 5.94. The molecule has 1 rings (SSSR count). The van der Waals surface area contributed by atoms with Gasteiger partial charge in [-0.15, -0.1) is 0 Å². The fraction of sp³-hybridized carbons (Fsp3) is 0.750. The van der Waals surface area contributed by atoms with Crippen LogP contribution in [0.15, 0.2) is 12.2 Å². The Hall–Kier alpha value is -0.373. The third-order valence-electron chi connectivity index (χ3n) is 3.63. The molecule has 0 aromatic carbocycles. The molecule has 0 aromatic heterocycles. The van der Waals surface area contributed by atoms with Gasteiger partial charge < -0.3 is 4.79 Å². The molecule has 1 nitrogen and oxygen atoms in total. The molecule has 2 heteroatoms. The summed E-state index contributed by atoms with van der Waals surface area (Å²) in [6.45, 7) is 10.9. The number of rotatable bonds is 3. The summed E-state index contributed by atoms with van der Waals surface area (Å²) in [4.78, 5) is 12.0. The number of carbonyl (C=O) groups excluding carboxylic acids is 1. The standard InChI is InChI=1S/C12H22OSi/c1-12(2,3)14(4,5)11(13)9-8-10-6-7-10/h8-10H,6-7H2,1-5H3/b9-8+. The lowest BCUT2D eigenvalue weighted by molar-refractivity contribution is -0.108. The molecule has 0 heterocycles. The van der Waals surface area contributed by atoms with Crippen LogP contribution in [0.4, 0.5) is 0 Å². The SMILES string of the molecule is CC(C)(C)[Si](C)(C)C(=O)/C=C/C1CC1. The van der Waals surface area contributed by atoms with E-state index in [1.54, 1.807) is 0 Å². The molecule has 0 aromatic rings. The lowest BCUT2D eigenvalue weighted by atomic mass is 10.2. The van der Waals surface area contributed by atoms with E-state index >= 15 is 0 Å². The van der Waals surface area contributed by atoms with Crippen LogP contribution >= 0.6 is 0 Å². The van der Waals surface area contributed by atoms with E-state index in [9.17, 15) is 4.79 Å². The fourth-order valence-electron chi connectivity index (χ4n) is 1.09.